The van der Waals surface area contributed by atoms with E-state index in [1.165, 1.54) is 5.56 Å². The van der Waals surface area contributed by atoms with Gasteiger partial charge >= 0.3 is 0 Å². The summed E-state index contributed by atoms with van der Waals surface area (Å²) in [4.78, 5) is 14.7. The summed E-state index contributed by atoms with van der Waals surface area (Å²) < 4.78 is 0.993. The lowest BCUT2D eigenvalue weighted by atomic mass is 9.99. The number of amides is 1. The number of halogens is 1. The van der Waals surface area contributed by atoms with E-state index in [0.717, 1.165) is 35.1 Å². The van der Waals surface area contributed by atoms with Crippen LogP contribution >= 0.6 is 15.9 Å². The Morgan fingerprint density at radius 3 is 2.67 bits per heavy atom. The van der Waals surface area contributed by atoms with E-state index in [0.29, 0.717) is 5.92 Å². The summed E-state index contributed by atoms with van der Waals surface area (Å²) in [6.07, 6.45) is 1.04. The Hall–Kier alpha value is -1.61. The normalized spacial score (nSPS) is 18.0. The lowest BCUT2D eigenvalue weighted by Gasteiger charge is -2.18. The van der Waals surface area contributed by atoms with Crippen LogP contribution in [0.3, 0.4) is 0 Å². The first kappa shape index (κ1) is 14.3. The van der Waals surface area contributed by atoms with Crippen LogP contribution in [-0.4, -0.2) is 23.9 Å². The molecule has 1 amide bonds. The molecule has 21 heavy (non-hydrogen) atoms. The molecule has 1 aliphatic rings. The summed E-state index contributed by atoms with van der Waals surface area (Å²) >= 11 is 3.50. The molecule has 1 saturated heterocycles. The topological polar surface area (TPSA) is 20.3 Å². The molecule has 0 aromatic heterocycles. The third kappa shape index (κ3) is 2.88. The Kier molecular flexibility index (Phi) is 4.11. The van der Waals surface area contributed by atoms with E-state index in [1.54, 1.807) is 0 Å². The zero-order valence-electron chi connectivity index (χ0n) is 12.1. The van der Waals surface area contributed by atoms with E-state index in [2.05, 4.69) is 40.2 Å². The van der Waals surface area contributed by atoms with Crippen molar-refractivity contribution in [1.82, 2.24) is 4.90 Å². The molecule has 3 heteroatoms. The van der Waals surface area contributed by atoms with Gasteiger partial charge in [0, 0.05) is 29.0 Å². The second kappa shape index (κ2) is 6.02. The minimum Gasteiger partial charge on any atom is -0.338 e. The molecule has 0 saturated carbocycles. The smallest absolute Gasteiger partial charge is 0.254 e. The molecular weight excluding hydrogens is 326 g/mol. The van der Waals surface area contributed by atoms with Gasteiger partial charge in [-0.25, -0.2) is 0 Å². The van der Waals surface area contributed by atoms with Crippen molar-refractivity contribution in [1.29, 1.82) is 0 Å². The van der Waals surface area contributed by atoms with Crippen LogP contribution in [0.25, 0.3) is 0 Å². The van der Waals surface area contributed by atoms with Crippen LogP contribution in [0.2, 0.25) is 0 Å². The first-order valence-corrected chi connectivity index (χ1v) is 8.05. The minimum atomic E-state index is 0.146. The van der Waals surface area contributed by atoms with Crippen LogP contribution in [-0.2, 0) is 0 Å². The van der Waals surface area contributed by atoms with E-state index < -0.39 is 0 Å². The van der Waals surface area contributed by atoms with Gasteiger partial charge in [-0.3, -0.25) is 4.79 Å². The van der Waals surface area contributed by atoms with Crippen molar-refractivity contribution in [2.24, 2.45) is 0 Å². The fraction of sp³-hybridized carbons (Fsp3) is 0.278. The van der Waals surface area contributed by atoms with Gasteiger partial charge < -0.3 is 4.90 Å². The van der Waals surface area contributed by atoms with Gasteiger partial charge in [-0.15, -0.1) is 0 Å². The molecule has 0 bridgehead atoms. The summed E-state index contributed by atoms with van der Waals surface area (Å²) in [6, 6.07) is 16.3. The van der Waals surface area contributed by atoms with Crippen molar-refractivity contribution in [3.63, 3.8) is 0 Å². The summed E-state index contributed by atoms with van der Waals surface area (Å²) in [5.74, 6) is 0.606. The van der Waals surface area contributed by atoms with Gasteiger partial charge in [-0.05, 0) is 36.6 Å². The molecule has 3 rings (SSSR count). The highest BCUT2D eigenvalue weighted by Crippen LogP contribution is 2.29. The molecule has 2 aromatic carbocycles. The van der Waals surface area contributed by atoms with Crippen LogP contribution in [0.1, 0.15) is 33.8 Å². The number of benzene rings is 2. The lowest BCUT2D eigenvalue weighted by Crippen LogP contribution is -2.29. The number of carbonyl (C=O) groups excluding carboxylic acids is 1. The average Bonchev–Trinajstić information content (AvgIpc) is 3.00. The molecule has 2 aromatic rings. The van der Waals surface area contributed by atoms with Gasteiger partial charge in [-0.1, -0.05) is 52.3 Å². The van der Waals surface area contributed by atoms with Crippen molar-refractivity contribution in [2.45, 2.75) is 19.3 Å². The molecule has 1 aliphatic heterocycles. The summed E-state index contributed by atoms with van der Waals surface area (Å²) in [7, 11) is 0. The van der Waals surface area contributed by atoms with Crippen molar-refractivity contribution in [3.8, 4) is 0 Å². The molecule has 0 N–H and O–H groups in total. The number of carbonyl (C=O) groups is 1. The van der Waals surface area contributed by atoms with Gasteiger partial charge in [0.1, 0.15) is 0 Å². The SMILES string of the molecule is Cc1c(Br)cccc1C(=O)N1CCC(c2ccccc2)C1. The Balaban J connectivity index is 1.77. The molecule has 1 atom stereocenters. The minimum absolute atomic E-state index is 0.146. The number of likely N-dealkylation sites (tertiary alicyclic amines) is 1. The van der Waals surface area contributed by atoms with E-state index in [4.69, 9.17) is 0 Å². The summed E-state index contributed by atoms with van der Waals surface area (Å²) in [6.45, 7) is 3.64. The first-order valence-electron chi connectivity index (χ1n) is 7.26. The van der Waals surface area contributed by atoms with Crippen LogP contribution in [0, 0.1) is 6.92 Å². The van der Waals surface area contributed by atoms with E-state index in [9.17, 15) is 4.79 Å². The maximum Gasteiger partial charge on any atom is 0.254 e. The summed E-state index contributed by atoms with van der Waals surface area (Å²) in [5.41, 5.74) is 3.16. The average molecular weight is 344 g/mol. The molecule has 2 nitrogen and oxygen atoms in total. The predicted octanol–water partition coefficient (Wildman–Crippen LogP) is 4.39. The highest BCUT2D eigenvalue weighted by atomic mass is 79.9. The van der Waals surface area contributed by atoms with Crippen molar-refractivity contribution >= 4 is 21.8 Å². The Morgan fingerprint density at radius 2 is 1.90 bits per heavy atom. The first-order chi connectivity index (χ1) is 10.2. The monoisotopic (exact) mass is 343 g/mol. The Labute approximate surface area is 133 Å². The molecule has 0 radical (unpaired) electrons. The lowest BCUT2D eigenvalue weighted by molar-refractivity contribution is 0.0790. The standard InChI is InChI=1S/C18H18BrNO/c1-13-16(8-5-9-17(13)19)18(21)20-11-10-15(12-20)14-6-3-2-4-7-14/h2-9,15H,10-12H2,1H3. The Bertz CT molecular complexity index is 654. The van der Waals surface area contributed by atoms with Gasteiger partial charge in [0.25, 0.3) is 5.91 Å². The highest BCUT2D eigenvalue weighted by Gasteiger charge is 2.28. The van der Waals surface area contributed by atoms with E-state index in [1.807, 2.05) is 36.1 Å². The molecule has 1 unspecified atom stereocenters. The fourth-order valence-corrected chi connectivity index (χ4v) is 3.32. The zero-order valence-corrected chi connectivity index (χ0v) is 13.6. The predicted molar refractivity (Wildman–Crippen MR) is 88.6 cm³/mol. The second-order valence-electron chi connectivity index (χ2n) is 5.56. The fourth-order valence-electron chi connectivity index (χ4n) is 2.95. The third-order valence-electron chi connectivity index (χ3n) is 4.24. The van der Waals surface area contributed by atoms with Gasteiger partial charge in [-0.2, -0.15) is 0 Å². The molecule has 0 aliphatic carbocycles. The molecule has 0 spiro atoms. The van der Waals surface area contributed by atoms with Crippen molar-refractivity contribution in [2.75, 3.05) is 13.1 Å². The van der Waals surface area contributed by atoms with Crippen molar-refractivity contribution in [3.05, 3.63) is 69.7 Å². The van der Waals surface area contributed by atoms with E-state index >= 15 is 0 Å². The maximum atomic E-state index is 12.7. The van der Waals surface area contributed by atoms with Crippen LogP contribution in [0.5, 0.6) is 0 Å². The number of hydrogen-bond donors (Lipinski definition) is 0. The van der Waals surface area contributed by atoms with Gasteiger partial charge in [0.2, 0.25) is 0 Å². The van der Waals surface area contributed by atoms with Crippen LogP contribution < -0.4 is 0 Å². The molecule has 108 valence electrons. The summed E-state index contributed by atoms with van der Waals surface area (Å²) in [5, 5.41) is 0. The molecular formula is C18H18BrNO. The molecule has 1 heterocycles. The van der Waals surface area contributed by atoms with Gasteiger partial charge in [0.05, 0.1) is 0 Å². The van der Waals surface area contributed by atoms with Crippen LogP contribution in [0.15, 0.2) is 53.0 Å². The number of nitrogens with zero attached hydrogens (tertiary/aromatic N) is 1. The van der Waals surface area contributed by atoms with E-state index in [-0.39, 0.29) is 5.91 Å². The van der Waals surface area contributed by atoms with Crippen molar-refractivity contribution < 1.29 is 4.79 Å². The zero-order chi connectivity index (χ0) is 14.8. The largest absolute Gasteiger partial charge is 0.338 e. The highest BCUT2D eigenvalue weighted by molar-refractivity contribution is 9.10. The van der Waals surface area contributed by atoms with Gasteiger partial charge in [0.15, 0.2) is 0 Å². The number of hydrogen-bond acceptors (Lipinski definition) is 1. The van der Waals surface area contributed by atoms with Crippen LogP contribution in [0.4, 0.5) is 0 Å². The third-order valence-corrected chi connectivity index (χ3v) is 5.10. The second-order valence-corrected chi connectivity index (χ2v) is 6.41. The maximum absolute atomic E-state index is 12.7. The Morgan fingerprint density at radius 1 is 1.14 bits per heavy atom. The molecule has 1 fully saturated rings. The quantitative estimate of drug-likeness (QED) is 0.791. The number of rotatable bonds is 2.